The van der Waals surface area contributed by atoms with Gasteiger partial charge in [0.15, 0.2) is 0 Å². The minimum absolute atomic E-state index is 0.191. The Morgan fingerprint density at radius 2 is 1.96 bits per heavy atom. The molecule has 1 atom stereocenters. The molecule has 3 rings (SSSR count). The van der Waals surface area contributed by atoms with Gasteiger partial charge in [0, 0.05) is 42.2 Å². The van der Waals surface area contributed by atoms with Crippen LogP contribution in [0.4, 0.5) is 0 Å². The second-order valence-corrected chi connectivity index (χ2v) is 6.60. The molecule has 0 bridgehead atoms. The van der Waals surface area contributed by atoms with E-state index < -0.39 is 6.10 Å². The molecule has 0 radical (unpaired) electrons. The van der Waals surface area contributed by atoms with Crippen LogP contribution in [0.25, 0.3) is 0 Å². The first kappa shape index (κ1) is 17.1. The molecule has 1 aliphatic rings. The molecule has 2 aromatic rings. The van der Waals surface area contributed by atoms with Crippen molar-refractivity contribution in [2.45, 2.75) is 6.10 Å². The smallest absolute Gasteiger partial charge is 0.265 e. The molecule has 1 heterocycles. The topological polar surface area (TPSA) is 50.4 Å². The van der Waals surface area contributed by atoms with Gasteiger partial charge in [-0.25, -0.2) is 0 Å². The standard InChI is InChI=1S/C18H18Cl2N2O2/c19-14-6-7-15(20)16(8-14)24-17(13-4-2-1-3-5-13)18(23)22-11-12-9-21-10-12/h1-8,12,17,21H,9-11H2,(H,22,23). The lowest BCUT2D eigenvalue weighted by Gasteiger charge is -2.28. The molecule has 0 aliphatic carbocycles. The van der Waals surface area contributed by atoms with Crippen molar-refractivity contribution >= 4 is 29.1 Å². The molecule has 126 valence electrons. The van der Waals surface area contributed by atoms with Gasteiger partial charge in [0.05, 0.1) is 5.02 Å². The number of rotatable bonds is 6. The molecule has 0 spiro atoms. The second kappa shape index (κ2) is 7.88. The number of carbonyl (C=O) groups is 1. The molecule has 1 unspecified atom stereocenters. The lowest BCUT2D eigenvalue weighted by atomic mass is 10.0. The number of carbonyl (C=O) groups excluding carboxylic acids is 1. The Labute approximate surface area is 151 Å². The number of halogens is 2. The lowest BCUT2D eigenvalue weighted by molar-refractivity contribution is -0.128. The highest BCUT2D eigenvalue weighted by molar-refractivity contribution is 6.34. The summed E-state index contributed by atoms with van der Waals surface area (Å²) in [5.41, 5.74) is 0.762. The van der Waals surface area contributed by atoms with Crippen molar-refractivity contribution in [3.05, 3.63) is 64.1 Å². The van der Waals surface area contributed by atoms with Crippen molar-refractivity contribution in [1.82, 2.24) is 10.6 Å². The van der Waals surface area contributed by atoms with Crippen molar-refractivity contribution in [2.24, 2.45) is 5.92 Å². The molecule has 6 heteroatoms. The van der Waals surface area contributed by atoms with Gasteiger partial charge in [-0.15, -0.1) is 0 Å². The predicted molar refractivity (Wildman–Crippen MR) is 95.6 cm³/mol. The summed E-state index contributed by atoms with van der Waals surface area (Å²) < 4.78 is 5.91. The number of amides is 1. The molecule has 0 saturated carbocycles. The van der Waals surface area contributed by atoms with Gasteiger partial charge in [-0.2, -0.15) is 0 Å². The number of nitrogens with one attached hydrogen (secondary N) is 2. The molecule has 2 N–H and O–H groups in total. The van der Waals surface area contributed by atoms with Crippen LogP contribution in [0.15, 0.2) is 48.5 Å². The van der Waals surface area contributed by atoms with E-state index in [1.807, 2.05) is 30.3 Å². The zero-order chi connectivity index (χ0) is 16.9. The SMILES string of the molecule is O=C(NCC1CNC1)C(Oc1cc(Cl)ccc1Cl)c1ccccc1. The largest absolute Gasteiger partial charge is 0.474 e. The van der Waals surface area contributed by atoms with Crippen LogP contribution in [0.3, 0.4) is 0 Å². The third-order valence-corrected chi connectivity index (χ3v) is 4.46. The molecule has 2 aromatic carbocycles. The molecular formula is C18H18Cl2N2O2. The summed E-state index contributed by atoms with van der Waals surface area (Å²) in [5.74, 6) is 0.669. The van der Waals surface area contributed by atoms with Crippen molar-refractivity contribution in [3.8, 4) is 5.75 Å². The number of hydrogen-bond acceptors (Lipinski definition) is 3. The Balaban J connectivity index is 1.78. The van der Waals surface area contributed by atoms with Crippen LogP contribution in [0, 0.1) is 5.92 Å². The summed E-state index contributed by atoms with van der Waals surface area (Å²) in [4.78, 5) is 12.7. The van der Waals surface area contributed by atoms with Crippen LogP contribution in [-0.2, 0) is 4.79 Å². The summed E-state index contributed by atoms with van der Waals surface area (Å²) in [6.45, 7) is 2.48. The Bertz CT molecular complexity index is 705. The highest BCUT2D eigenvalue weighted by atomic mass is 35.5. The summed E-state index contributed by atoms with van der Waals surface area (Å²) in [5, 5.41) is 7.06. The zero-order valence-corrected chi connectivity index (χ0v) is 14.5. The van der Waals surface area contributed by atoms with E-state index in [1.165, 1.54) is 0 Å². The van der Waals surface area contributed by atoms with Crippen LogP contribution >= 0.6 is 23.2 Å². The monoisotopic (exact) mass is 364 g/mol. The summed E-state index contributed by atoms with van der Waals surface area (Å²) in [6, 6.07) is 14.3. The van der Waals surface area contributed by atoms with Gasteiger partial charge in [-0.05, 0) is 12.1 Å². The van der Waals surface area contributed by atoms with Crippen molar-refractivity contribution in [2.75, 3.05) is 19.6 Å². The first-order valence-corrected chi connectivity index (χ1v) is 8.54. The first-order chi connectivity index (χ1) is 11.6. The van der Waals surface area contributed by atoms with Crippen molar-refractivity contribution in [1.29, 1.82) is 0 Å². The molecule has 1 amide bonds. The fourth-order valence-corrected chi connectivity index (χ4v) is 2.75. The number of hydrogen-bond donors (Lipinski definition) is 2. The van der Waals surface area contributed by atoms with Gasteiger partial charge >= 0.3 is 0 Å². The van der Waals surface area contributed by atoms with Crippen LogP contribution in [0.2, 0.25) is 10.0 Å². The van der Waals surface area contributed by atoms with E-state index in [4.69, 9.17) is 27.9 Å². The number of benzene rings is 2. The van der Waals surface area contributed by atoms with Gasteiger partial charge < -0.3 is 15.4 Å². The molecule has 24 heavy (non-hydrogen) atoms. The summed E-state index contributed by atoms with van der Waals surface area (Å²) >= 11 is 12.2. The molecule has 1 aliphatic heterocycles. The van der Waals surface area contributed by atoms with Crippen LogP contribution in [0.5, 0.6) is 5.75 Å². The van der Waals surface area contributed by atoms with E-state index in [0.29, 0.717) is 28.3 Å². The maximum Gasteiger partial charge on any atom is 0.265 e. The minimum atomic E-state index is -0.782. The number of ether oxygens (including phenoxy) is 1. The Hall–Kier alpha value is -1.75. The summed E-state index contributed by atoms with van der Waals surface area (Å²) in [6.07, 6.45) is -0.782. The quantitative estimate of drug-likeness (QED) is 0.825. The maximum absolute atomic E-state index is 12.7. The molecule has 1 fully saturated rings. The van der Waals surface area contributed by atoms with E-state index in [2.05, 4.69) is 10.6 Å². The predicted octanol–water partition coefficient (Wildman–Crippen LogP) is 3.45. The average molecular weight is 365 g/mol. The zero-order valence-electron chi connectivity index (χ0n) is 13.0. The lowest BCUT2D eigenvalue weighted by Crippen LogP contribution is -2.49. The van der Waals surface area contributed by atoms with E-state index in [0.717, 1.165) is 18.7 Å². The second-order valence-electron chi connectivity index (χ2n) is 5.75. The van der Waals surface area contributed by atoms with Gasteiger partial charge in [0.2, 0.25) is 6.10 Å². The summed E-state index contributed by atoms with van der Waals surface area (Å²) in [7, 11) is 0. The van der Waals surface area contributed by atoms with Gasteiger partial charge in [-0.1, -0.05) is 53.5 Å². The highest BCUT2D eigenvalue weighted by Gasteiger charge is 2.25. The third kappa shape index (κ3) is 4.20. The minimum Gasteiger partial charge on any atom is -0.474 e. The molecule has 1 saturated heterocycles. The van der Waals surface area contributed by atoms with Crippen molar-refractivity contribution < 1.29 is 9.53 Å². The Kier molecular flexibility index (Phi) is 5.61. The van der Waals surface area contributed by atoms with E-state index in [9.17, 15) is 4.79 Å². The Morgan fingerprint density at radius 3 is 2.62 bits per heavy atom. The van der Waals surface area contributed by atoms with Gasteiger partial charge in [0.25, 0.3) is 5.91 Å². The van der Waals surface area contributed by atoms with Crippen LogP contribution in [-0.4, -0.2) is 25.5 Å². The van der Waals surface area contributed by atoms with Crippen LogP contribution in [0.1, 0.15) is 11.7 Å². The van der Waals surface area contributed by atoms with Gasteiger partial charge in [-0.3, -0.25) is 4.79 Å². The molecule has 0 aromatic heterocycles. The Morgan fingerprint density at radius 1 is 1.21 bits per heavy atom. The van der Waals surface area contributed by atoms with Crippen LogP contribution < -0.4 is 15.4 Å². The molecular weight excluding hydrogens is 347 g/mol. The maximum atomic E-state index is 12.7. The normalized spacial score (nSPS) is 15.4. The van der Waals surface area contributed by atoms with E-state index in [-0.39, 0.29) is 5.91 Å². The average Bonchev–Trinajstić information content (AvgIpc) is 2.55. The first-order valence-electron chi connectivity index (χ1n) is 7.78. The third-order valence-electron chi connectivity index (χ3n) is 3.91. The van der Waals surface area contributed by atoms with E-state index >= 15 is 0 Å². The van der Waals surface area contributed by atoms with Crippen molar-refractivity contribution in [3.63, 3.8) is 0 Å². The fraction of sp³-hybridized carbons (Fsp3) is 0.278. The highest BCUT2D eigenvalue weighted by Crippen LogP contribution is 2.31. The fourth-order valence-electron chi connectivity index (χ4n) is 2.43. The van der Waals surface area contributed by atoms with E-state index in [1.54, 1.807) is 18.2 Å². The molecule has 4 nitrogen and oxygen atoms in total. The van der Waals surface area contributed by atoms with Gasteiger partial charge in [0.1, 0.15) is 5.75 Å².